The summed E-state index contributed by atoms with van der Waals surface area (Å²) < 4.78 is 4.80. The van der Waals surface area contributed by atoms with Crippen molar-refractivity contribution in [1.82, 2.24) is 5.32 Å². The van der Waals surface area contributed by atoms with E-state index in [1.807, 2.05) is 18.2 Å². The number of rotatable bonds is 6. The summed E-state index contributed by atoms with van der Waals surface area (Å²) in [6.07, 6.45) is 0.326. The van der Waals surface area contributed by atoms with E-state index in [1.54, 1.807) is 0 Å². The van der Waals surface area contributed by atoms with Crippen LogP contribution in [0.15, 0.2) is 54.6 Å². The molecule has 0 aliphatic carbocycles. The highest BCUT2D eigenvalue weighted by atomic mass is 16.5. The summed E-state index contributed by atoms with van der Waals surface area (Å²) >= 11 is 0. The molecule has 0 saturated carbocycles. The Kier molecular flexibility index (Phi) is 5.52. The average molecular weight is 283 g/mol. The predicted molar refractivity (Wildman–Crippen MR) is 83.8 cm³/mol. The maximum atomic E-state index is 11.6. The number of nitrogens with one attached hydrogen (secondary N) is 1. The number of carbonyl (C=O) groups is 1. The van der Waals surface area contributed by atoms with E-state index in [4.69, 9.17) is 4.74 Å². The van der Waals surface area contributed by atoms with Gasteiger partial charge < -0.3 is 10.1 Å². The van der Waals surface area contributed by atoms with Crippen LogP contribution in [0.1, 0.15) is 29.2 Å². The Labute approximate surface area is 126 Å². The Morgan fingerprint density at radius 2 is 1.76 bits per heavy atom. The predicted octanol–water partition coefficient (Wildman–Crippen LogP) is 3.39. The van der Waals surface area contributed by atoms with Gasteiger partial charge in [0.1, 0.15) is 0 Å². The Balaban J connectivity index is 2.08. The van der Waals surface area contributed by atoms with E-state index < -0.39 is 0 Å². The summed E-state index contributed by atoms with van der Waals surface area (Å²) in [5.41, 5.74) is 3.50. The fourth-order valence-electron chi connectivity index (χ4n) is 2.19. The molecule has 1 atom stereocenters. The Morgan fingerprint density at radius 1 is 1.10 bits per heavy atom. The highest BCUT2D eigenvalue weighted by Gasteiger charge is 2.15. The molecule has 3 heteroatoms. The fraction of sp³-hybridized carbons (Fsp3) is 0.278. The van der Waals surface area contributed by atoms with Crippen LogP contribution >= 0.6 is 0 Å². The molecule has 110 valence electrons. The van der Waals surface area contributed by atoms with E-state index in [0.29, 0.717) is 6.42 Å². The molecule has 2 rings (SSSR count). The van der Waals surface area contributed by atoms with Crippen molar-refractivity contribution in [3.05, 3.63) is 71.3 Å². The second kappa shape index (κ2) is 7.60. The van der Waals surface area contributed by atoms with Crippen molar-refractivity contribution in [3.8, 4) is 0 Å². The largest absolute Gasteiger partial charge is 0.469 e. The first-order valence-corrected chi connectivity index (χ1v) is 7.09. The summed E-state index contributed by atoms with van der Waals surface area (Å²) in [6, 6.07) is 18.3. The van der Waals surface area contributed by atoms with Gasteiger partial charge in [0.2, 0.25) is 0 Å². The van der Waals surface area contributed by atoms with Crippen molar-refractivity contribution in [2.24, 2.45) is 0 Å². The summed E-state index contributed by atoms with van der Waals surface area (Å²) in [7, 11) is 1.42. The van der Waals surface area contributed by atoms with Gasteiger partial charge in [0.15, 0.2) is 0 Å². The van der Waals surface area contributed by atoms with E-state index in [9.17, 15) is 4.79 Å². The minimum Gasteiger partial charge on any atom is -0.469 e. The minimum atomic E-state index is -0.207. The van der Waals surface area contributed by atoms with E-state index >= 15 is 0 Å². The molecule has 0 bridgehead atoms. The summed E-state index contributed by atoms with van der Waals surface area (Å²) in [5, 5.41) is 3.44. The first-order chi connectivity index (χ1) is 10.2. The van der Waals surface area contributed by atoms with Gasteiger partial charge in [-0.25, -0.2) is 0 Å². The molecule has 3 nitrogen and oxygen atoms in total. The third-order valence-corrected chi connectivity index (χ3v) is 3.47. The van der Waals surface area contributed by atoms with Crippen molar-refractivity contribution >= 4 is 5.97 Å². The van der Waals surface area contributed by atoms with Crippen LogP contribution in [0.3, 0.4) is 0 Å². The summed E-state index contributed by atoms with van der Waals surface area (Å²) in [6.45, 7) is 2.77. The van der Waals surface area contributed by atoms with Crippen LogP contribution in [0, 0.1) is 6.92 Å². The SMILES string of the molecule is COC(=O)CC(NCc1ccccc1)c1ccc(C)cc1. The van der Waals surface area contributed by atoms with E-state index in [-0.39, 0.29) is 12.0 Å². The van der Waals surface area contributed by atoms with Crippen molar-refractivity contribution in [2.75, 3.05) is 7.11 Å². The van der Waals surface area contributed by atoms with E-state index in [2.05, 4.69) is 48.6 Å². The lowest BCUT2D eigenvalue weighted by atomic mass is 10.0. The third kappa shape index (κ3) is 4.72. The van der Waals surface area contributed by atoms with Gasteiger partial charge in [-0.1, -0.05) is 60.2 Å². The van der Waals surface area contributed by atoms with E-state index in [0.717, 1.165) is 12.1 Å². The lowest BCUT2D eigenvalue weighted by Crippen LogP contribution is -2.24. The maximum absolute atomic E-state index is 11.6. The number of aryl methyl sites for hydroxylation is 1. The second-order valence-corrected chi connectivity index (χ2v) is 5.11. The zero-order chi connectivity index (χ0) is 15.1. The van der Waals surface area contributed by atoms with Crippen LogP contribution < -0.4 is 5.32 Å². The molecule has 0 saturated heterocycles. The Morgan fingerprint density at radius 3 is 2.38 bits per heavy atom. The van der Waals surface area contributed by atoms with Crippen molar-refractivity contribution < 1.29 is 9.53 Å². The number of methoxy groups -OCH3 is 1. The normalized spacial score (nSPS) is 11.9. The molecule has 0 fully saturated rings. The molecular formula is C18H21NO2. The van der Waals surface area contributed by atoms with Gasteiger partial charge in [-0.15, -0.1) is 0 Å². The quantitative estimate of drug-likeness (QED) is 0.826. The van der Waals surface area contributed by atoms with Crippen LogP contribution in [-0.2, 0) is 16.1 Å². The maximum Gasteiger partial charge on any atom is 0.307 e. The molecule has 0 spiro atoms. The highest BCUT2D eigenvalue weighted by molar-refractivity contribution is 5.70. The molecule has 2 aromatic rings. The van der Waals surface area contributed by atoms with Crippen molar-refractivity contribution in [1.29, 1.82) is 0 Å². The fourth-order valence-corrected chi connectivity index (χ4v) is 2.19. The van der Waals surface area contributed by atoms with Gasteiger partial charge in [-0.05, 0) is 18.1 Å². The molecule has 0 amide bonds. The van der Waals surface area contributed by atoms with Gasteiger partial charge in [-0.3, -0.25) is 4.79 Å². The van der Waals surface area contributed by atoms with Crippen LogP contribution in [-0.4, -0.2) is 13.1 Å². The van der Waals surface area contributed by atoms with Gasteiger partial charge >= 0.3 is 5.97 Å². The molecule has 0 radical (unpaired) electrons. The van der Waals surface area contributed by atoms with Crippen molar-refractivity contribution in [3.63, 3.8) is 0 Å². The summed E-state index contributed by atoms with van der Waals surface area (Å²) in [5.74, 6) is -0.207. The number of benzene rings is 2. The summed E-state index contributed by atoms with van der Waals surface area (Å²) in [4.78, 5) is 11.6. The lowest BCUT2D eigenvalue weighted by molar-refractivity contribution is -0.141. The highest BCUT2D eigenvalue weighted by Crippen LogP contribution is 2.19. The van der Waals surface area contributed by atoms with E-state index in [1.165, 1.54) is 18.2 Å². The van der Waals surface area contributed by atoms with Gasteiger partial charge in [0.05, 0.1) is 13.5 Å². The minimum absolute atomic E-state index is 0.0433. The number of ether oxygens (including phenoxy) is 1. The molecule has 21 heavy (non-hydrogen) atoms. The number of hydrogen-bond acceptors (Lipinski definition) is 3. The van der Waals surface area contributed by atoms with Gasteiger partial charge in [-0.2, -0.15) is 0 Å². The van der Waals surface area contributed by atoms with Crippen molar-refractivity contribution in [2.45, 2.75) is 25.9 Å². The molecule has 2 aromatic carbocycles. The van der Waals surface area contributed by atoms with Gasteiger partial charge in [0.25, 0.3) is 0 Å². The van der Waals surface area contributed by atoms with Crippen LogP contribution in [0.25, 0.3) is 0 Å². The first kappa shape index (κ1) is 15.3. The monoisotopic (exact) mass is 283 g/mol. The third-order valence-electron chi connectivity index (χ3n) is 3.47. The number of carbonyl (C=O) groups excluding carboxylic acids is 1. The molecule has 0 heterocycles. The smallest absolute Gasteiger partial charge is 0.307 e. The van der Waals surface area contributed by atoms with Crippen LogP contribution in [0.4, 0.5) is 0 Å². The first-order valence-electron chi connectivity index (χ1n) is 7.09. The Bertz CT molecular complexity index is 564. The molecule has 1 unspecified atom stereocenters. The standard InChI is InChI=1S/C18H21NO2/c1-14-8-10-16(11-9-14)17(12-18(20)21-2)19-13-15-6-4-3-5-7-15/h3-11,17,19H,12-13H2,1-2H3. The lowest BCUT2D eigenvalue weighted by Gasteiger charge is -2.18. The molecule has 0 aliphatic rings. The van der Waals surface area contributed by atoms with Crippen LogP contribution in [0.2, 0.25) is 0 Å². The molecule has 1 N–H and O–H groups in total. The molecule has 0 aliphatic heterocycles. The second-order valence-electron chi connectivity index (χ2n) is 5.11. The van der Waals surface area contributed by atoms with Gasteiger partial charge in [0, 0.05) is 12.6 Å². The topological polar surface area (TPSA) is 38.3 Å². The molecular weight excluding hydrogens is 262 g/mol. The zero-order valence-electron chi connectivity index (χ0n) is 12.5. The Hall–Kier alpha value is -2.13. The average Bonchev–Trinajstić information content (AvgIpc) is 2.53. The number of esters is 1. The van der Waals surface area contributed by atoms with Crippen LogP contribution in [0.5, 0.6) is 0 Å². The zero-order valence-corrected chi connectivity index (χ0v) is 12.5. The molecule has 0 aromatic heterocycles. The number of hydrogen-bond donors (Lipinski definition) is 1.